The molecule has 1 heterocycles. The number of carbonyl (C=O) groups excluding carboxylic acids is 2. The summed E-state index contributed by atoms with van der Waals surface area (Å²) in [5.41, 5.74) is 17.3. The number of benzene rings is 7. The number of hydrogen-bond donors (Lipinski definition) is 5. The van der Waals surface area contributed by atoms with Crippen molar-refractivity contribution >= 4 is 98.7 Å². The second-order valence-electron chi connectivity index (χ2n) is 26.6. The van der Waals surface area contributed by atoms with Gasteiger partial charge in [0.15, 0.2) is 11.5 Å². The van der Waals surface area contributed by atoms with Crippen molar-refractivity contribution in [2.24, 2.45) is 0 Å². The lowest BCUT2D eigenvalue weighted by molar-refractivity contribution is -0.462. The Morgan fingerprint density at radius 2 is 1.24 bits per heavy atom. The number of unbranched alkanes of at least 4 members (excludes halogenated alkanes) is 1. The third kappa shape index (κ3) is 15.2. The average Bonchev–Trinajstić information content (AvgIpc) is 0.723. The summed E-state index contributed by atoms with van der Waals surface area (Å²) >= 11 is 0. The van der Waals surface area contributed by atoms with Gasteiger partial charge in [-0.15, -0.1) is 0 Å². The molecule has 1 aliphatic carbocycles. The molecule has 5 N–H and O–H groups in total. The van der Waals surface area contributed by atoms with E-state index in [1.165, 1.54) is 59.4 Å². The number of nitrogens with one attached hydrogen (secondary N) is 1. The maximum Gasteiger partial charge on any atom is 0.488 e. The highest BCUT2D eigenvalue weighted by Crippen LogP contribution is 2.45. The van der Waals surface area contributed by atoms with Crippen LogP contribution >= 0.6 is 0 Å². The molecule has 7 aromatic carbocycles. The Hall–Kier alpha value is -7.61. The molecule has 0 fully saturated rings. The average molecular weight is 1290 g/mol. The molecule has 0 radical (unpaired) electrons. The Morgan fingerprint density at radius 3 is 1.84 bits per heavy atom. The highest BCUT2D eigenvalue weighted by molar-refractivity contribution is 7.89. The maximum atomic E-state index is 13.7. The Bertz CT molecular complexity index is 4370. The number of ketones is 1. The fraction of sp³-hybridized carbons (Fsp3) is 0.320. The van der Waals surface area contributed by atoms with Crippen LogP contribution in [0.25, 0.3) is 38.2 Å². The minimum absolute atomic E-state index is 0.0130. The molecule has 0 aromatic heterocycles. The maximum absolute atomic E-state index is 13.7. The Kier molecular flexibility index (Phi) is 21.7. The van der Waals surface area contributed by atoms with Crippen LogP contribution in [-0.2, 0) is 45.8 Å². The van der Waals surface area contributed by atoms with Gasteiger partial charge in [-0.3, -0.25) is 19.4 Å². The molecule has 2 aliphatic rings. The van der Waals surface area contributed by atoms with Crippen molar-refractivity contribution in [3.8, 4) is 11.1 Å². The molecule has 0 saturated carbocycles. The summed E-state index contributed by atoms with van der Waals surface area (Å²) < 4.78 is 30.7. The molecular formula is C75H91B2N6O8SSi+. The summed E-state index contributed by atoms with van der Waals surface area (Å²) in [4.78, 5) is 32.5. The van der Waals surface area contributed by atoms with Crippen LogP contribution in [-0.4, -0.2) is 149 Å². The number of carbonyl (C=O) groups is 2. The SMILES string of the molecule is C=C(C)C(=O)CCCCN(Cc1cc(C)ccc1B(O)O)Cc1c2ccccc2c(CN(CCCNC(=O)C(=C)C)Cc2cc(S(=O)(=O)N(C)C)ccc2B(O)O)c2ccc(-c3cc(C4=C5C=CC(=[N+](C)C)C=C5[Si](C)(C)c5cc(N(C)C)ccc54)c(C)cc3C)cc12. The highest BCUT2D eigenvalue weighted by atomic mass is 32.2. The zero-order valence-electron chi connectivity index (χ0n) is 56.5. The van der Waals surface area contributed by atoms with Gasteiger partial charge in [-0.25, -0.2) is 17.3 Å². The van der Waals surface area contributed by atoms with E-state index in [1.54, 1.807) is 19.9 Å². The highest BCUT2D eigenvalue weighted by Gasteiger charge is 2.41. The summed E-state index contributed by atoms with van der Waals surface area (Å²) in [6.45, 7) is 25.1. The lowest BCUT2D eigenvalue weighted by Crippen LogP contribution is -2.49. The number of Topliss-reactive ketones (excluding diaryl/α,β-unsaturated/α-hetero) is 1. The summed E-state index contributed by atoms with van der Waals surface area (Å²) in [7, 11) is 1.53. The molecule has 1 aliphatic heterocycles. The van der Waals surface area contributed by atoms with Gasteiger partial charge in [-0.05, 0) is 218 Å². The Balaban J connectivity index is 1.29. The van der Waals surface area contributed by atoms with E-state index < -0.39 is 32.3 Å². The summed E-state index contributed by atoms with van der Waals surface area (Å²) in [6.07, 6.45) is 9.16. The number of amides is 1. The smallest absolute Gasteiger partial charge is 0.423 e. The normalized spacial score (nSPS) is 13.6. The number of fused-ring (bicyclic) bond motifs is 4. The van der Waals surface area contributed by atoms with Gasteiger partial charge in [0.2, 0.25) is 15.9 Å². The fourth-order valence-electron chi connectivity index (χ4n) is 13.3. The van der Waals surface area contributed by atoms with E-state index in [9.17, 15) is 38.1 Å². The summed E-state index contributed by atoms with van der Waals surface area (Å²) in [5, 5.41) is 53.0. The monoisotopic (exact) mass is 1290 g/mol. The molecule has 7 aromatic rings. The lowest BCUT2D eigenvalue weighted by Gasteiger charge is -2.38. The van der Waals surface area contributed by atoms with Gasteiger partial charge in [0.05, 0.1) is 4.90 Å². The molecule has 9 rings (SSSR count). The second kappa shape index (κ2) is 28.9. The molecule has 0 saturated heterocycles. The van der Waals surface area contributed by atoms with Crippen LogP contribution in [0, 0.1) is 20.8 Å². The number of allylic oxidation sites excluding steroid dienone is 6. The lowest BCUT2D eigenvalue weighted by atomic mass is 9.76. The van der Waals surface area contributed by atoms with Crippen molar-refractivity contribution in [1.29, 1.82) is 0 Å². The zero-order chi connectivity index (χ0) is 67.5. The van der Waals surface area contributed by atoms with Gasteiger partial charge in [0, 0.05) is 97.3 Å². The largest absolute Gasteiger partial charge is 0.488 e. The van der Waals surface area contributed by atoms with E-state index in [1.807, 2.05) is 31.2 Å². The van der Waals surface area contributed by atoms with E-state index in [0.717, 1.165) is 87.3 Å². The van der Waals surface area contributed by atoms with Crippen LogP contribution < -0.4 is 26.3 Å². The molecule has 0 spiro atoms. The van der Waals surface area contributed by atoms with Gasteiger partial charge < -0.3 is 30.3 Å². The van der Waals surface area contributed by atoms with Gasteiger partial charge in [-0.1, -0.05) is 105 Å². The van der Waals surface area contributed by atoms with Crippen LogP contribution in [0.5, 0.6) is 0 Å². The molecule has 0 bridgehead atoms. The predicted molar refractivity (Wildman–Crippen MR) is 387 cm³/mol. The van der Waals surface area contributed by atoms with Crippen molar-refractivity contribution in [2.75, 3.05) is 66.8 Å². The standard InChI is InChI=1S/C75H90B2N6O8SSi/c1-48(2)71(84)23-18-19-35-82(44-54-37-50(5)24-32-69(54)76(86)87)47-68-60-22-17-16-21-59(60)67(46-83(36-20-34-78-75(85)49(3)4)45-55-39-58(92(90,91)81(12)13)28-33-70(55)77(88)89)61-29-25-53(40-66(61)68)64-43-65(52(7)38-51(64)6)74-62-30-26-56(79(8)9)41-72(62)93(14,15)73-42-57(80(10)11)27-31-63(73)74/h16-17,21-22,24-33,37-43,86-89H,1,3,18-20,23,34-36,44-47H2,2,4-15H3/p+1. The van der Waals surface area contributed by atoms with Crippen LogP contribution in [0.4, 0.5) is 5.69 Å². The first-order valence-corrected chi connectivity index (χ1v) is 36.5. The predicted octanol–water partition coefficient (Wildman–Crippen LogP) is 9.14. The van der Waals surface area contributed by atoms with Crippen molar-refractivity contribution in [2.45, 2.75) is 104 Å². The molecule has 484 valence electrons. The van der Waals surface area contributed by atoms with Gasteiger partial charge in [-0.2, -0.15) is 0 Å². The first kappa shape index (κ1) is 69.7. The number of hydrogen-bond acceptors (Lipinski definition) is 11. The fourth-order valence-corrected chi connectivity index (χ4v) is 17.3. The van der Waals surface area contributed by atoms with Gasteiger partial charge in [0.25, 0.3) is 0 Å². The van der Waals surface area contributed by atoms with Crippen LogP contribution in [0.15, 0.2) is 167 Å². The Labute approximate surface area is 552 Å². The second-order valence-corrected chi connectivity index (χ2v) is 33.0. The van der Waals surface area contributed by atoms with Gasteiger partial charge in [0.1, 0.15) is 22.2 Å². The minimum atomic E-state index is -3.93. The molecular weight excluding hydrogens is 1190 g/mol. The van der Waals surface area contributed by atoms with Crippen molar-refractivity contribution in [1.82, 2.24) is 19.4 Å². The molecule has 14 nitrogen and oxygen atoms in total. The molecule has 93 heavy (non-hydrogen) atoms. The number of aryl methyl sites for hydroxylation is 3. The number of anilines is 1. The van der Waals surface area contributed by atoms with E-state index in [0.29, 0.717) is 87.1 Å². The van der Waals surface area contributed by atoms with Crippen molar-refractivity contribution < 1.29 is 42.7 Å². The molecule has 0 unspecified atom stereocenters. The number of rotatable bonds is 26. The topological polar surface area (TPSA) is 177 Å². The Morgan fingerprint density at radius 1 is 0.634 bits per heavy atom. The van der Waals surface area contributed by atoms with Crippen molar-refractivity contribution in [3.05, 3.63) is 213 Å². The van der Waals surface area contributed by atoms with E-state index in [2.05, 4.69) is 172 Å². The van der Waals surface area contributed by atoms with Crippen LogP contribution in [0.2, 0.25) is 13.1 Å². The number of sulfonamides is 1. The molecule has 0 atom stereocenters. The summed E-state index contributed by atoms with van der Waals surface area (Å²) in [6, 6.07) is 36.9. The third-order valence-electron chi connectivity index (χ3n) is 18.6. The quantitative estimate of drug-likeness (QED) is 0.0115. The van der Waals surface area contributed by atoms with Gasteiger partial charge >= 0.3 is 14.2 Å². The van der Waals surface area contributed by atoms with E-state index in [4.69, 9.17) is 0 Å². The molecule has 18 heteroatoms. The summed E-state index contributed by atoms with van der Waals surface area (Å²) in [5.74, 6) is -0.234. The first-order valence-electron chi connectivity index (χ1n) is 32.0. The zero-order valence-corrected chi connectivity index (χ0v) is 58.4. The third-order valence-corrected chi connectivity index (χ3v) is 23.9. The van der Waals surface area contributed by atoms with E-state index >= 15 is 0 Å². The van der Waals surface area contributed by atoms with E-state index in [-0.39, 0.29) is 28.6 Å². The van der Waals surface area contributed by atoms with Crippen LogP contribution in [0.1, 0.15) is 89.6 Å². The van der Waals surface area contributed by atoms with Crippen molar-refractivity contribution in [3.63, 3.8) is 0 Å². The first-order chi connectivity index (χ1) is 44.0. The molecule has 1 amide bonds. The number of nitrogens with zero attached hydrogens (tertiary/aromatic N) is 5. The minimum Gasteiger partial charge on any atom is -0.423 e. The van der Waals surface area contributed by atoms with Crippen LogP contribution in [0.3, 0.4) is 0 Å².